The van der Waals surface area contributed by atoms with Crippen LogP contribution in [0.4, 0.5) is 0 Å². The minimum atomic E-state index is 0.499. The topological polar surface area (TPSA) is 12.5 Å². The van der Waals surface area contributed by atoms with E-state index < -0.39 is 0 Å². The average molecular weight is 413 g/mol. The van der Waals surface area contributed by atoms with E-state index >= 15 is 0 Å². The van der Waals surface area contributed by atoms with E-state index in [4.69, 9.17) is 4.74 Å². The Kier molecular flexibility index (Phi) is 13.8. The van der Waals surface area contributed by atoms with Crippen LogP contribution < -0.4 is 0 Å². The second-order valence-corrected chi connectivity index (χ2v) is 9.60. The Morgan fingerprint density at radius 3 is 1.33 bits per heavy atom. The first kappa shape index (κ1) is 26.7. The molecule has 0 amide bonds. The molecule has 0 aliphatic carbocycles. The molecule has 1 rings (SSSR count). The molecule has 0 spiro atoms. The fourth-order valence-electron chi connectivity index (χ4n) is 3.65. The van der Waals surface area contributed by atoms with Crippen molar-refractivity contribution >= 4 is 0 Å². The maximum Gasteiger partial charge on any atom is 0.0842 e. The normalized spacial score (nSPS) is 20.5. The van der Waals surface area contributed by atoms with Crippen LogP contribution in [0.2, 0.25) is 0 Å². The Morgan fingerprint density at radius 1 is 0.567 bits per heavy atom. The maximum absolute atomic E-state index is 5.49. The van der Waals surface area contributed by atoms with Gasteiger partial charge in [-0.1, -0.05) is 58.2 Å². The van der Waals surface area contributed by atoms with Crippen LogP contribution >= 0.6 is 0 Å². The lowest BCUT2D eigenvalue weighted by molar-refractivity contribution is 0.370. The van der Waals surface area contributed by atoms with Crippen LogP contribution in [0.1, 0.15) is 113 Å². The van der Waals surface area contributed by atoms with Gasteiger partial charge in [0.25, 0.3) is 0 Å². The van der Waals surface area contributed by atoms with Crippen LogP contribution in [0.25, 0.3) is 0 Å². The van der Waals surface area contributed by atoms with Gasteiger partial charge in [-0.05, 0) is 113 Å². The van der Waals surface area contributed by atoms with E-state index in [9.17, 15) is 0 Å². The zero-order valence-corrected chi connectivity index (χ0v) is 21.0. The zero-order valence-electron chi connectivity index (χ0n) is 21.0. The van der Waals surface area contributed by atoms with Gasteiger partial charge in [0.2, 0.25) is 0 Å². The molecule has 0 aromatic carbocycles. The highest BCUT2D eigenvalue weighted by Crippen LogP contribution is 2.27. The first-order valence-corrected chi connectivity index (χ1v) is 12.2. The summed E-state index contributed by atoms with van der Waals surface area (Å²) in [5.74, 6) is 0. The Hall–Kier alpha value is -1.34. The van der Waals surface area contributed by atoms with Crippen molar-refractivity contribution in [1.29, 1.82) is 0 Å². The van der Waals surface area contributed by atoms with Crippen molar-refractivity contribution in [3.63, 3.8) is 0 Å². The molecule has 1 heterocycles. The first-order valence-electron chi connectivity index (χ1n) is 12.2. The Morgan fingerprint density at radius 2 is 0.933 bits per heavy atom. The van der Waals surface area contributed by atoms with Gasteiger partial charge < -0.3 is 4.74 Å². The van der Waals surface area contributed by atoms with Crippen molar-refractivity contribution in [3.8, 4) is 0 Å². The molecule has 1 aliphatic heterocycles. The lowest BCUT2D eigenvalue weighted by Crippen LogP contribution is -1.90. The molecule has 0 aromatic rings. The minimum Gasteiger partial charge on any atom is -0.370 e. The standard InChI is InChI=1S/C29H48O/c1-23(2)13-10-16-26(5)19-11-17-24(3)14-8-9-15-25(4)18-12-20-27(6)21-22-29-28(7)30-29/h13-15,19-20,28-29H,8-12,16-18,21-22H2,1-7H3. The quantitative estimate of drug-likeness (QED) is 0.148. The van der Waals surface area contributed by atoms with E-state index in [-0.39, 0.29) is 0 Å². The summed E-state index contributed by atoms with van der Waals surface area (Å²) < 4.78 is 5.49. The maximum atomic E-state index is 5.49. The number of hydrogen-bond acceptors (Lipinski definition) is 1. The Bertz CT molecular complexity index is 637. The highest BCUT2D eigenvalue weighted by molar-refractivity contribution is 5.07. The molecule has 0 saturated carbocycles. The van der Waals surface area contributed by atoms with Crippen molar-refractivity contribution < 1.29 is 4.74 Å². The van der Waals surface area contributed by atoms with Crippen molar-refractivity contribution in [2.45, 2.75) is 125 Å². The highest BCUT2D eigenvalue weighted by atomic mass is 16.6. The SMILES string of the molecule is CC(C)=CCCC(C)=CCCC(C)=CCCC=C(C)CCC=C(C)CCC1OC1C. The van der Waals surface area contributed by atoms with E-state index in [1.165, 1.54) is 92.1 Å². The van der Waals surface area contributed by atoms with E-state index in [0.29, 0.717) is 12.2 Å². The molecule has 1 saturated heterocycles. The van der Waals surface area contributed by atoms with E-state index in [2.05, 4.69) is 78.8 Å². The molecule has 1 fully saturated rings. The lowest BCUT2D eigenvalue weighted by atomic mass is 10.0. The second-order valence-electron chi connectivity index (χ2n) is 9.60. The summed E-state index contributed by atoms with van der Waals surface area (Å²) in [7, 11) is 0. The van der Waals surface area contributed by atoms with Crippen LogP contribution in [-0.4, -0.2) is 12.2 Å². The van der Waals surface area contributed by atoms with Crippen LogP contribution in [0, 0.1) is 0 Å². The summed E-state index contributed by atoms with van der Waals surface area (Å²) in [5.41, 5.74) is 7.52. The molecule has 170 valence electrons. The van der Waals surface area contributed by atoms with Crippen molar-refractivity contribution in [2.75, 3.05) is 0 Å². The third-order valence-corrected chi connectivity index (χ3v) is 5.97. The number of allylic oxidation sites excluding steroid dienone is 10. The fraction of sp³-hybridized carbons (Fsp3) is 0.655. The van der Waals surface area contributed by atoms with Crippen LogP contribution in [-0.2, 0) is 4.74 Å². The smallest absolute Gasteiger partial charge is 0.0842 e. The van der Waals surface area contributed by atoms with Crippen molar-refractivity contribution in [2.24, 2.45) is 0 Å². The summed E-state index contributed by atoms with van der Waals surface area (Å²) in [6.45, 7) is 15.6. The molecular weight excluding hydrogens is 364 g/mol. The number of rotatable bonds is 15. The Balaban J connectivity index is 2.14. The summed E-state index contributed by atoms with van der Waals surface area (Å²) in [4.78, 5) is 0. The summed E-state index contributed by atoms with van der Waals surface area (Å²) in [6.07, 6.45) is 24.9. The van der Waals surface area contributed by atoms with Gasteiger partial charge in [-0.15, -0.1) is 0 Å². The van der Waals surface area contributed by atoms with Gasteiger partial charge in [0.15, 0.2) is 0 Å². The van der Waals surface area contributed by atoms with Crippen LogP contribution in [0.15, 0.2) is 58.2 Å². The van der Waals surface area contributed by atoms with Crippen LogP contribution in [0.5, 0.6) is 0 Å². The molecule has 0 N–H and O–H groups in total. The highest BCUT2D eigenvalue weighted by Gasteiger charge is 2.32. The number of hydrogen-bond donors (Lipinski definition) is 0. The second kappa shape index (κ2) is 15.5. The first-order chi connectivity index (χ1) is 14.3. The lowest BCUT2D eigenvalue weighted by Gasteiger charge is -2.03. The molecule has 1 heteroatoms. The summed E-state index contributed by atoms with van der Waals surface area (Å²) in [5, 5.41) is 0. The summed E-state index contributed by atoms with van der Waals surface area (Å²) >= 11 is 0. The molecule has 2 atom stereocenters. The minimum absolute atomic E-state index is 0.499. The van der Waals surface area contributed by atoms with Gasteiger partial charge in [0.05, 0.1) is 12.2 Å². The van der Waals surface area contributed by atoms with Crippen LogP contribution in [0.3, 0.4) is 0 Å². The molecule has 2 unspecified atom stereocenters. The van der Waals surface area contributed by atoms with E-state index in [0.717, 1.165) is 0 Å². The van der Waals surface area contributed by atoms with Crippen molar-refractivity contribution in [3.05, 3.63) is 58.2 Å². The molecule has 0 radical (unpaired) electrons. The van der Waals surface area contributed by atoms with E-state index in [1.807, 2.05) is 0 Å². The van der Waals surface area contributed by atoms with Gasteiger partial charge >= 0.3 is 0 Å². The predicted molar refractivity (Wildman–Crippen MR) is 135 cm³/mol. The third kappa shape index (κ3) is 14.6. The molecule has 0 aromatic heterocycles. The molecule has 1 aliphatic rings. The number of unbranched alkanes of at least 4 members (excludes halogenated alkanes) is 1. The number of ether oxygens (including phenoxy) is 1. The van der Waals surface area contributed by atoms with E-state index in [1.54, 1.807) is 0 Å². The molecule has 30 heavy (non-hydrogen) atoms. The largest absolute Gasteiger partial charge is 0.370 e. The van der Waals surface area contributed by atoms with Gasteiger partial charge in [-0.25, -0.2) is 0 Å². The zero-order chi connectivity index (χ0) is 22.4. The van der Waals surface area contributed by atoms with Gasteiger partial charge in [-0.2, -0.15) is 0 Å². The average Bonchev–Trinajstić information content (AvgIpc) is 3.38. The fourth-order valence-corrected chi connectivity index (χ4v) is 3.65. The Labute approximate surface area is 188 Å². The number of epoxide rings is 1. The van der Waals surface area contributed by atoms with Gasteiger partial charge in [0, 0.05) is 0 Å². The molecule has 1 nitrogen and oxygen atoms in total. The third-order valence-electron chi connectivity index (χ3n) is 5.97. The van der Waals surface area contributed by atoms with Crippen molar-refractivity contribution in [1.82, 2.24) is 0 Å². The molecular formula is C29H48O. The van der Waals surface area contributed by atoms with Gasteiger partial charge in [-0.3, -0.25) is 0 Å². The summed E-state index contributed by atoms with van der Waals surface area (Å²) in [6, 6.07) is 0. The monoisotopic (exact) mass is 412 g/mol. The molecule has 0 bridgehead atoms. The predicted octanol–water partition coefficient (Wildman–Crippen LogP) is 9.43. The van der Waals surface area contributed by atoms with Gasteiger partial charge in [0.1, 0.15) is 0 Å².